The molecule has 0 aromatic rings. The van der Waals surface area contributed by atoms with Crippen molar-refractivity contribution in [3.63, 3.8) is 0 Å². The first-order valence-electron chi connectivity index (χ1n) is 5.28. The van der Waals surface area contributed by atoms with Crippen LogP contribution in [0.25, 0.3) is 0 Å². The summed E-state index contributed by atoms with van der Waals surface area (Å²) >= 11 is 0. The smallest absolute Gasteiger partial charge is 0.219 e. The van der Waals surface area contributed by atoms with Crippen LogP contribution in [-0.2, 0) is 9.59 Å². The van der Waals surface area contributed by atoms with Crippen molar-refractivity contribution >= 4 is 11.7 Å². The molecule has 0 aromatic carbocycles. The lowest BCUT2D eigenvalue weighted by molar-refractivity contribution is -0.137. The number of hydrogen-bond acceptors (Lipinski definition) is 2. The van der Waals surface area contributed by atoms with Gasteiger partial charge < -0.3 is 4.90 Å². The predicted molar refractivity (Wildman–Crippen MR) is 54.9 cm³/mol. The number of piperidine rings is 1. The zero-order chi connectivity index (χ0) is 10.8. The first-order valence-corrected chi connectivity index (χ1v) is 5.28. The molecule has 0 unspecified atom stereocenters. The molecule has 1 fully saturated rings. The van der Waals surface area contributed by atoms with E-state index in [-0.39, 0.29) is 17.1 Å². The molecule has 0 spiro atoms. The number of likely N-dealkylation sites (tertiary alicyclic amines) is 1. The third kappa shape index (κ3) is 1.97. The normalized spacial score (nSPS) is 20.6. The summed E-state index contributed by atoms with van der Waals surface area (Å²) in [5.41, 5.74) is -0.147. The Hall–Kier alpha value is -0.860. The number of rotatable bonds is 2. The van der Waals surface area contributed by atoms with Crippen LogP contribution in [0.5, 0.6) is 0 Å². The highest BCUT2D eigenvalue weighted by Gasteiger charge is 2.37. The van der Waals surface area contributed by atoms with Crippen molar-refractivity contribution < 1.29 is 9.59 Å². The third-order valence-electron chi connectivity index (χ3n) is 3.59. The molecule has 80 valence electrons. The molecule has 1 aliphatic heterocycles. The van der Waals surface area contributed by atoms with Gasteiger partial charge in [0.05, 0.1) is 0 Å². The minimum absolute atomic E-state index is 0.123. The van der Waals surface area contributed by atoms with Crippen LogP contribution in [0.3, 0.4) is 0 Å². The third-order valence-corrected chi connectivity index (χ3v) is 3.59. The van der Waals surface area contributed by atoms with E-state index < -0.39 is 0 Å². The maximum absolute atomic E-state index is 11.5. The van der Waals surface area contributed by atoms with Gasteiger partial charge in [0.15, 0.2) is 0 Å². The second-order valence-corrected chi connectivity index (χ2v) is 4.20. The average Bonchev–Trinajstić information content (AvgIpc) is 2.17. The van der Waals surface area contributed by atoms with Crippen LogP contribution >= 0.6 is 0 Å². The zero-order valence-corrected chi connectivity index (χ0v) is 9.30. The van der Waals surface area contributed by atoms with Crippen molar-refractivity contribution in [2.45, 2.75) is 40.0 Å². The van der Waals surface area contributed by atoms with Crippen LogP contribution in [0.4, 0.5) is 0 Å². The van der Waals surface area contributed by atoms with Crippen LogP contribution in [0.2, 0.25) is 0 Å². The summed E-state index contributed by atoms with van der Waals surface area (Å²) in [4.78, 5) is 24.5. The molecule has 1 rings (SSSR count). The Morgan fingerprint density at radius 3 is 2.00 bits per heavy atom. The van der Waals surface area contributed by atoms with Gasteiger partial charge in [0.25, 0.3) is 0 Å². The van der Waals surface area contributed by atoms with Gasteiger partial charge in [0.1, 0.15) is 5.78 Å². The van der Waals surface area contributed by atoms with Gasteiger partial charge in [0, 0.05) is 25.4 Å². The molecular weight excluding hydrogens is 178 g/mol. The van der Waals surface area contributed by atoms with E-state index in [9.17, 15) is 9.59 Å². The van der Waals surface area contributed by atoms with Gasteiger partial charge in [-0.2, -0.15) is 0 Å². The van der Waals surface area contributed by atoms with E-state index in [0.717, 1.165) is 32.4 Å². The molecule has 0 aliphatic carbocycles. The molecule has 3 nitrogen and oxygen atoms in total. The fourth-order valence-electron chi connectivity index (χ4n) is 2.20. The van der Waals surface area contributed by atoms with Crippen LogP contribution in [0, 0.1) is 5.41 Å². The maximum atomic E-state index is 11.5. The SMILES string of the molecule is CCC1(C(C)=O)CCN(C(C)=O)CC1. The quantitative estimate of drug-likeness (QED) is 0.674. The highest BCUT2D eigenvalue weighted by atomic mass is 16.2. The molecule has 0 radical (unpaired) electrons. The summed E-state index contributed by atoms with van der Waals surface area (Å²) in [7, 11) is 0. The summed E-state index contributed by atoms with van der Waals surface area (Å²) < 4.78 is 0. The first kappa shape index (κ1) is 11.2. The van der Waals surface area contributed by atoms with Gasteiger partial charge in [0.2, 0.25) is 5.91 Å². The van der Waals surface area contributed by atoms with Crippen molar-refractivity contribution in [1.82, 2.24) is 4.90 Å². The number of Topliss-reactive ketones (excluding diaryl/α,β-unsaturated/α-hetero) is 1. The van der Waals surface area contributed by atoms with E-state index >= 15 is 0 Å². The largest absolute Gasteiger partial charge is 0.343 e. The fraction of sp³-hybridized carbons (Fsp3) is 0.818. The lowest BCUT2D eigenvalue weighted by atomic mass is 9.73. The fourth-order valence-corrected chi connectivity index (χ4v) is 2.20. The highest BCUT2D eigenvalue weighted by Crippen LogP contribution is 2.35. The van der Waals surface area contributed by atoms with E-state index in [1.165, 1.54) is 0 Å². The van der Waals surface area contributed by atoms with Gasteiger partial charge in [-0.3, -0.25) is 9.59 Å². The van der Waals surface area contributed by atoms with Crippen LogP contribution in [0.1, 0.15) is 40.0 Å². The van der Waals surface area contributed by atoms with E-state index in [1.807, 2.05) is 4.90 Å². The zero-order valence-electron chi connectivity index (χ0n) is 9.30. The molecule has 0 atom stereocenters. The predicted octanol–water partition coefficient (Wildman–Crippen LogP) is 1.61. The monoisotopic (exact) mass is 197 g/mol. The van der Waals surface area contributed by atoms with Crippen LogP contribution < -0.4 is 0 Å². The average molecular weight is 197 g/mol. The molecular formula is C11H19NO2. The number of amides is 1. The van der Waals surface area contributed by atoms with Crippen molar-refractivity contribution in [2.75, 3.05) is 13.1 Å². The van der Waals surface area contributed by atoms with Gasteiger partial charge >= 0.3 is 0 Å². The molecule has 0 aromatic heterocycles. The second kappa shape index (κ2) is 4.11. The van der Waals surface area contributed by atoms with Crippen molar-refractivity contribution in [3.8, 4) is 0 Å². The Morgan fingerprint density at radius 1 is 1.21 bits per heavy atom. The number of nitrogens with zero attached hydrogens (tertiary/aromatic N) is 1. The molecule has 0 bridgehead atoms. The number of ketones is 1. The van der Waals surface area contributed by atoms with E-state index in [4.69, 9.17) is 0 Å². The first-order chi connectivity index (χ1) is 6.52. The molecule has 0 N–H and O–H groups in total. The summed E-state index contributed by atoms with van der Waals surface area (Å²) in [6.45, 7) is 6.80. The Bertz CT molecular complexity index is 240. The van der Waals surface area contributed by atoms with Crippen molar-refractivity contribution in [2.24, 2.45) is 5.41 Å². The van der Waals surface area contributed by atoms with E-state index in [1.54, 1.807) is 13.8 Å². The molecule has 1 saturated heterocycles. The standard InChI is InChI=1S/C11H19NO2/c1-4-11(9(2)13)5-7-12(8-6-11)10(3)14/h4-8H2,1-3H3. The van der Waals surface area contributed by atoms with Gasteiger partial charge in [-0.05, 0) is 26.2 Å². The van der Waals surface area contributed by atoms with E-state index in [0.29, 0.717) is 0 Å². The van der Waals surface area contributed by atoms with Crippen molar-refractivity contribution in [1.29, 1.82) is 0 Å². The maximum Gasteiger partial charge on any atom is 0.219 e. The summed E-state index contributed by atoms with van der Waals surface area (Å²) in [6.07, 6.45) is 2.56. The molecule has 1 aliphatic rings. The van der Waals surface area contributed by atoms with Gasteiger partial charge in [-0.15, -0.1) is 0 Å². The summed E-state index contributed by atoms with van der Waals surface area (Å²) in [6, 6.07) is 0. The van der Waals surface area contributed by atoms with Crippen molar-refractivity contribution in [3.05, 3.63) is 0 Å². The van der Waals surface area contributed by atoms with E-state index in [2.05, 4.69) is 6.92 Å². The summed E-state index contributed by atoms with van der Waals surface area (Å²) in [5.74, 6) is 0.404. The Balaban J connectivity index is 2.64. The molecule has 1 heterocycles. The van der Waals surface area contributed by atoms with Gasteiger partial charge in [-0.1, -0.05) is 6.92 Å². The molecule has 14 heavy (non-hydrogen) atoms. The minimum atomic E-state index is -0.147. The molecule has 1 amide bonds. The Kier molecular flexibility index (Phi) is 3.29. The van der Waals surface area contributed by atoms with Gasteiger partial charge in [-0.25, -0.2) is 0 Å². The van der Waals surface area contributed by atoms with Crippen LogP contribution in [0.15, 0.2) is 0 Å². The lowest BCUT2D eigenvalue weighted by Crippen LogP contribution is -2.44. The lowest BCUT2D eigenvalue weighted by Gasteiger charge is -2.39. The number of hydrogen-bond donors (Lipinski definition) is 0. The number of carbonyl (C=O) groups is 2. The Morgan fingerprint density at radius 2 is 1.71 bits per heavy atom. The second-order valence-electron chi connectivity index (χ2n) is 4.20. The number of carbonyl (C=O) groups excluding carboxylic acids is 2. The topological polar surface area (TPSA) is 37.4 Å². The van der Waals surface area contributed by atoms with Crippen LogP contribution in [-0.4, -0.2) is 29.7 Å². The minimum Gasteiger partial charge on any atom is -0.343 e. The highest BCUT2D eigenvalue weighted by molar-refractivity contribution is 5.83. The Labute approximate surface area is 85.5 Å². The molecule has 3 heteroatoms. The molecule has 0 saturated carbocycles. The summed E-state index contributed by atoms with van der Waals surface area (Å²) in [5, 5.41) is 0.